The van der Waals surface area contributed by atoms with E-state index in [9.17, 15) is 13.6 Å². The number of rotatable bonds is 1. The Hall–Kier alpha value is -1.01. The standard InChI is InChI=1S/C12H13BrF2N2O/c13-8-3-4-9(14)10(11(8)15)12(18)17-5-1-2-7(16)6-17/h3-4,7H,1-2,5-6,16H2. The molecule has 0 spiro atoms. The SMILES string of the molecule is NC1CCCN(C(=O)c2c(F)ccc(Br)c2F)C1. The fourth-order valence-electron chi connectivity index (χ4n) is 2.08. The lowest BCUT2D eigenvalue weighted by molar-refractivity contribution is 0.0698. The average Bonchev–Trinajstić information content (AvgIpc) is 2.34. The first-order chi connectivity index (χ1) is 8.50. The molecule has 2 N–H and O–H groups in total. The highest BCUT2D eigenvalue weighted by Gasteiger charge is 2.27. The van der Waals surface area contributed by atoms with Crippen LogP contribution in [0.4, 0.5) is 8.78 Å². The number of benzene rings is 1. The van der Waals surface area contributed by atoms with Crippen molar-refractivity contribution < 1.29 is 13.6 Å². The van der Waals surface area contributed by atoms with Gasteiger partial charge < -0.3 is 10.6 Å². The van der Waals surface area contributed by atoms with E-state index in [1.165, 1.54) is 11.0 Å². The van der Waals surface area contributed by atoms with Crippen LogP contribution in [-0.2, 0) is 0 Å². The van der Waals surface area contributed by atoms with Gasteiger partial charge in [-0.15, -0.1) is 0 Å². The number of carbonyl (C=O) groups excluding carboxylic acids is 1. The lowest BCUT2D eigenvalue weighted by Gasteiger charge is -2.31. The van der Waals surface area contributed by atoms with E-state index in [1.807, 2.05) is 0 Å². The summed E-state index contributed by atoms with van der Waals surface area (Å²) in [5, 5.41) is 0. The molecule has 1 saturated heterocycles. The maximum Gasteiger partial charge on any atom is 0.259 e. The zero-order valence-corrected chi connectivity index (χ0v) is 11.2. The van der Waals surface area contributed by atoms with Crippen molar-refractivity contribution in [2.75, 3.05) is 13.1 Å². The number of nitrogens with zero attached hydrogens (tertiary/aromatic N) is 1. The Kier molecular flexibility index (Phi) is 3.97. The topological polar surface area (TPSA) is 46.3 Å². The molecule has 1 aromatic carbocycles. The van der Waals surface area contributed by atoms with Crippen LogP contribution in [0, 0.1) is 11.6 Å². The molecule has 1 amide bonds. The summed E-state index contributed by atoms with van der Waals surface area (Å²) in [5.41, 5.74) is 5.24. The minimum Gasteiger partial charge on any atom is -0.337 e. The van der Waals surface area contributed by atoms with E-state index in [0.717, 1.165) is 18.9 Å². The van der Waals surface area contributed by atoms with E-state index in [0.29, 0.717) is 13.1 Å². The van der Waals surface area contributed by atoms with Gasteiger partial charge in [0.2, 0.25) is 0 Å². The molecule has 18 heavy (non-hydrogen) atoms. The van der Waals surface area contributed by atoms with Gasteiger partial charge in [0.05, 0.1) is 4.47 Å². The Morgan fingerprint density at radius 1 is 1.44 bits per heavy atom. The molecular formula is C12H13BrF2N2O. The van der Waals surface area contributed by atoms with Gasteiger partial charge in [0, 0.05) is 19.1 Å². The van der Waals surface area contributed by atoms with Crippen LogP contribution in [0.3, 0.4) is 0 Å². The molecule has 1 unspecified atom stereocenters. The highest BCUT2D eigenvalue weighted by Crippen LogP contribution is 2.24. The molecule has 6 heteroatoms. The van der Waals surface area contributed by atoms with E-state index in [4.69, 9.17) is 5.73 Å². The summed E-state index contributed by atoms with van der Waals surface area (Å²) >= 11 is 2.95. The molecule has 1 aromatic rings. The third-order valence-corrected chi connectivity index (χ3v) is 3.62. The molecule has 0 saturated carbocycles. The molecule has 0 bridgehead atoms. The van der Waals surface area contributed by atoms with Gasteiger partial charge in [-0.1, -0.05) is 0 Å². The molecule has 0 radical (unpaired) electrons. The number of hydrogen-bond acceptors (Lipinski definition) is 2. The van der Waals surface area contributed by atoms with Gasteiger partial charge in [0.25, 0.3) is 5.91 Å². The lowest BCUT2D eigenvalue weighted by atomic mass is 10.0. The van der Waals surface area contributed by atoms with Gasteiger partial charge in [0.15, 0.2) is 5.82 Å². The zero-order chi connectivity index (χ0) is 13.3. The van der Waals surface area contributed by atoms with E-state index < -0.39 is 23.1 Å². The second-order valence-corrected chi connectivity index (χ2v) is 5.23. The summed E-state index contributed by atoms with van der Waals surface area (Å²) in [6.45, 7) is 0.822. The van der Waals surface area contributed by atoms with Crippen LogP contribution in [0.15, 0.2) is 16.6 Å². The van der Waals surface area contributed by atoms with Gasteiger partial charge in [-0.25, -0.2) is 8.78 Å². The van der Waals surface area contributed by atoms with E-state index in [2.05, 4.69) is 15.9 Å². The van der Waals surface area contributed by atoms with Crippen LogP contribution in [0.25, 0.3) is 0 Å². The van der Waals surface area contributed by atoms with Crippen molar-refractivity contribution in [2.45, 2.75) is 18.9 Å². The normalized spacial score (nSPS) is 20.0. The number of likely N-dealkylation sites (tertiary alicyclic amines) is 1. The van der Waals surface area contributed by atoms with Crippen LogP contribution >= 0.6 is 15.9 Å². The Balaban J connectivity index is 2.31. The lowest BCUT2D eigenvalue weighted by Crippen LogP contribution is -2.46. The average molecular weight is 319 g/mol. The first-order valence-corrected chi connectivity index (χ1v) is 6.48. The maximum atomic E-state index is 13.8. The van der Waals surface area contributed by atoms with Gasteiger partial charge in [-0.2, -0.15) is 0 Å². The number of hydrogen-bond donors (Lipinski definition) is 1. The van der Waals surface area contributed by atoms with Crippen molar-refractivity contribution in [1.29, 1.82) is 0 Å². The smallest absolute Gasteiger partial charge is 0.259 e. The first kappa shape index (κ1) is 13.4. The van der Waals surface area contributed by atoms with E-state index >= 15 is 0 Å². The fraction of sp³-hybridized carbons (Fsp3) is 0.417. The quantitative estimate of drug-likeness (QED) is 0.808. The Labute approximate surface area is 112 Å². The Bertz CT molecular complexity index is 481. The van der Waals surface area contributed by atoms with Gasteiger partial charge in [-0.05, 0) is 40.9 Å². The molecule has 98 valence electrons. The molecular weight excluding hydrogens is 306 g/mol. The van der Waals surface area contributed by atoms with Crippen LogP contribution in [0.5, 0.6) is 0 Å². The summed E-state index contributed by atoms with van der Waals surface area (Å²) in [6, 6.07) is 2.19. The first-order valence-electron chi connectivity index (χ1n) is 5.69. The molecule has 2 rings (SSSR count). The van der Waals surface area contributed by atoms with Crippen molar-refractivity contribution in [2.24, 2.45) is 5.73 Å². The van der Waals surface area contributed by atoms with Crippen LogP contribution < -0.4 is 5.73 Å². The number of nitrogens with two attached hydrogens (primary N) is 1. The minimum atomic E-state index is -0.862. The highest BCUT2D eigenvalue weighted by atomic mass is 79.9. The van der Waals surface area contributed by atoms with Crippen LogP contribution in [0.1, 0.15) is 23.2 Å². The summed E-state index contributed by atoms with van der Waals surface area (Å²) in [4.78, 5) is 13.5. The molecule has 1 atom stereocenters. The molecule has 0 aromatic heterocycles. The molecule has 1 aliphatic rings. The number of amides is 1. The zero-order valence-electron chi connectivity index (χ0n) is 9.63. The highest BCUT2D eigenvalue weighted by molar-refractivity contribution is 9.10. The molecule has 1 fully saturated rings. The predicted molar refractivity (Wildman–Crippen MR) is 67.2 cm³/mol. The molecule has 1 aliphatic heterocycles. The van der Waals surface area contributed by atoms with Gasteiger partial charge >= 0.3 is 0 Å². The maximum absolute atomic E-state index is 13.8. The molecule has 1 heterocycles. The van der Waals surface area contributed by atoms with Crippen molar-refractivity contribution in [3.63, 3.8) is 0 Å². The van der Waals surface area contributed by atoms with Crippen LogP contribution in [-0.4, -0.2) is 29.9 Å². The second kappa shape index (κ2) is 5.32. The van der Waals surface area contributed by atoms with Gasteiger partial charge in [0.1, 0.15) is 11.4 Å². The summed E-state index contributed by atoms with van der Waals surface area (Å²) in [7, 11) is 0. The Morgan fingerprint density at radius 2 is 2.17 bits per heavy atom. The number of halogens is 3. The van der Waals surface area contributed by atoms with Crippen molar-refractivity contribution >= 4 is 21.8 Å². The predicted octanol–water partition coefficient (Wildman–Crippen LogP) is 2.29. The van der Waals surface area contributed by atoms with Crippen molar-refractivity contribution in [3.05, 3.63) is 33.8 Å². The fourth-order valence-corrected chi connectivity index (χ4v) is 2.41. The van der Waals surface area contributed by atoms with Crippen molar-refractivity contribution in [3.8, 4) is 0 Å². The van der Waals surface area contributed by atoms with E-state index in [1.54, 1.807) is 0 Å². The molecule has 3 nitrogen and oxygen atoms in total. The Morgan fingerprint density at radius 3 is 2.83 bits per heavy atom. The van der Waals surface area contributed by atoms with Crippen molar-refractivity contribution in [1.82, 2.24) is 4.90 Å². The minimum absolute atomic E-state index is 0.0774. The summed E-state index contributed by atoms with van der Waals surface area (Å²) in [5.74, 6) is -2.35. The number of piperidine rings is 1. The second-order valence-electron chi connectivity index (χ2n) is 4.37. The monoisotopic (exact) mass is 318 g/mol. The van der Waals surface area contributed by atoms with E-state index in [-0.39, 0.29) is 10.5 Å². The number of carbonyl (C=O) groups is 1. The van der Waals surface area contributed by atoms with Crippen LogP contribution in [0.2, 0.25) is 0 Å². The van der Waals surface area contributed by atoms with Gasteiger partial charge in [-0.3, -0.25) is 4.79 Å². The summed E-state index contributed by atoms with van der Waals surface area (Å²) in [6.07, 6.45) is 1.58. The largest absolute Gasteiger partial charge is 0.337 e. The summed E-state index contributed by atoms with van der Waals surface area (Å²) < 4.78 is 27.5. The third kappa shape index (κ3) is 2.54. The third-order valence-electron chi connectivity index (χ3n) is 3.00. The molecule has 0 aliphatic carbocycles.